The van der Waals surface area contributed by atoms with Crippen molar-refractivity contribution in [1.29, 1.82) is 0 Å². The zero-order valence-corrected chi connectivity index (χ0v) is 16.2. The van der Waals surface area contributed by atoms with Gasteiger partial charge in [0, 0.05) is 28.6 Å². The van der Waals surface area contributed by atoms with Gasteiger partial charge < -0.3 is 10.1 Å². The molecule has 1 aliphatic rings. The molecule has 0 aromatic carbocycles. The van der Waals surface area contributed by atoms with Gasteiger partial charge in [-0.25, -0.2) is 4.99 Å². The van der Waals surface area contributed by atoms with Crippen LogP contribution in [-0.2, 0) is 4.79 Å². The summed E-state index contributed by atoms with van der Waals surface area (Å²) < 4.78 is 4.67. The first-order valence-corrected chi connectivity index (χ1v) is 11.1. The Morgan fingerprint density at radius 3 is 2.27 bits per heavy atom. The molecule has 5 aromatic rings. The number of thiophene rings is 4. The number of hydrogen-bond acceptors (Lipinski definition) is 6. The molecule has 0 saturated heterocycles. The molecule has 126 valence electrons. The zero-order chi connectivity index (χ0) is 17.4. The number of aromatic nitrogens is 1. The molecule has 6 heterocycles. The fourth-order valence-electron chi connectivity index (χ4n) is 3.27. The van der Waals surface area contributed by atoms with Crippen molar-refractivity contribution < 1.29 is 9.90 Å². The number of amides is 1. The van der Waals surface area contributed by atoms with Gasteiger partial charge in [-0.1, -0.05) is 0 Å². The van der Waals surface area contributed by atoms with Crippen molar-refractivity contribution in [2.45, 2.75) is 0 Å². The van der Waals surface area contributed by atoms with Crippen LogP contribution in [0.3, 0.4) is 0 Å². The van der Waals surface area contributed by atoms with Gasteiger partial charge in [-0.05, 0) is 35.0 Å². The van der Waals surface area contributed by atoms with Crippen LogP contribution in [0, 0.1) is 0 Å². The Hall–Kier alpha value is -2.26. The lowest BCUT2D eigenvalue weighted by atomic mass is 10.2. The molecule has 0 unspecified atom stereocenters. The first-order valence-electron chi connectivity index (χ1n) is 7.72. The number of fused-ring (bicyclic) bond motifs is 3. The van der Waals surface area contributed by atoms with Crippen molar-refractivity contribution in [3.8, 4) is 16.3 Å². The zero-order valence-electron chi connectivity index (χ0n) is 12.9. The summed E-state index contributed by atoms with van der Waals surface area (Å²) in [6.45, 7) is 0. The number of nitrogens with one attached hydrogen (secondary N) is 1. The van der Waals surface area contributed by atoms with Crippen LogP contribution in [0.1, 0.15) is 4.88 Å². The number of carbonyl (C=O) groups excluding carboxylic acids is 1. The molecule has 2 N–H and O–H groups in total. The monoisotopic (exact) mass is 412 g/mol. The van der Waals surface area contributed by atoms with Gasteiger partial charge in [-0.3, -0.25) is 4.79 Å². The van der Waals surface area contributed by atoms with Crippen molar-refractivity contribution in [3.05, 3.63) is 50.6 Å². The van der Waals surface area contributed by atoms with E-state index in [4.69, 9.17) is 0 Å². The third-order valence-corrected chi connectivity index (χ3v) is 8.62. The number of hydrogen-bond donors (Lipinski definition) is 2. The molecule has 0 spiro atoms. The van der Waals surface area contributed by atoms with Crippen molar-refractivity contribution in [2.75, 3.05) is 0 Å². The Labute approximate surface area is 162 Å². The number of aromatic amines is 1. The van der Waals surface area contributed by atoms with Crippen molar-refractivity contribution in [3.63, 3.8) is 0 Å². The van der Waals surface area contributed by atoms with Gasteiger partial charge in [0.25, 0.3) is 5.91 Å². The normalized spacial score (nSPS) is 13.8. The Morgan fingerprint density at radius 1 is 0.923 bits per heavy atom. The summed E-state index contributed by atoms with van der Waals surface area (Å²) in [7, 11) is 0. The maximum absolute atomic E-state index is 12.6. The van der Waals surface area contributed by atoms with Crippen molar-refractivity contribution >= 4 is 75.6 Å². The van der Waals surface area contributed by atoms with E-state index in [-0.39, 0.29) is 11.8 Å². The van der Waals surface area contributed by atoms with E-state index < -0.39 is 0 Å². The van der Waals surface area contributed by atoms with Crippen molar-refractivity contribution in [2.24, 2.45) is 4.99 Å². The summed E-state index contributed by atoms with van der Waals surface area (Å²) >= 11 is 6.50. The average molecular weight is 413 g/mol. The molecule has 0 saturated carbocycles. The number of carbonyl (C=O) groups is 1. The van der Waals surface area contributed by atoms with Crippen LogP contribution in [0.2, 0.25) is 0 Å². The van der Waals surface area contributed by atoms with Gasteiger partial charge in [0.1, 0.15) is 5.36 Å². The maximum atomic E-state index is 12.6. The molecule has 1 amide bonds. The first kappa shape index (κ1) is 14.9. The van der Waals surface area contributed by atoms with Gasteiger partial charge in [-0.15, -0.1) is 45.3 Å². The van der Waals surface area contributed by atoms with Gasteiger partial charge in [0.15, 0.2) is 5.88 Å². The van der Waals surface area contributed by atoms with E-state index in [1.54, 1.807) is 45.3 Å². The SMILES string of the molecule is O=C1N=c2c(-c3cc4sccc4s3)c(O)[nH]c2=C1c1cc2sccc2s1. The van der Waals surface area contributed by atoms with E-state index in [1.165, 1.54) is 9.40 Å². The molecule has 5 aromatic heterocycles. The molecular weight excluding hydrogens is 404 g/mol. The second kappa shape index (κ2) is 5.14. The number of aromatic hydroxyl groups is 1. The van der Waals surface area contributed by atoms with E-state index in [1.807, 2.05) is 17.5 Å². The lowest BCUT2D eigenvalue weighted by Crippen LogP contribution is -2.22. The van der Waals surface area contributed by atoms with Gasteiger partial charge in [-0.2, -0.15) is 0 Å². The number of H-pyrrole nitrogens is 1. The molecule has 6 rings (SSSR count). The minimum Gasteiger partial charge on any atom is -0.494 e. The molecule has 0 atom stereocenters. The van der Waals surface area contributed by atoms with Gasteiger partial charge >= 0.3 is 0 Å². The Kier molecular flexibility index (Phi) is 2.94. The van der Waals surface area contributed by atoms with Crippen LogP contribution in [0.25, 0.3) is 34.8 Å². The van der Waals surface area contributed by atoms with Crippen LogP contribution < -0.4 is 10.7 Å². The summed E-state index contributed by atoms with van der Waals surface area (Å²) in [5, 5.41) is 15.8. The summed E-state index contributed by atoms with van der Waals surface area (Å²) in [4.78, 5) is 21.7. The molecule has 26 heavy (non-hydrogen) atoms. The summed E-state index contributed by atoms with van der Waals surface area (Å²) in [6, 6.07) is 8.20. The Bertz CT molecular complexity index is 1420. The van der Waals surface area contributed by atoms with Crippen LogP contribution in [0.15, 0.2) is 40.0 Å². The summed E-state index contributed by atoms with van der Waals surface area (Å²) in [5.41, 5.74) is 1.17. The van der Waals surface area contributed by atoms with Gasteiger partial charge in [0.2, 0.25) is 0 Å². The first-order chi connectivity index (χ1) is 12.7. The van der Waals surface area contributed by atoms with Crippen molar-refractivity contribution in [1.82, 2.24) is 4.98 Å². The van der Waals surface area contributed by atoms with Crippen LogP contribution in [0.4, 0.5) is 0 Å². The Balaban J connectivity index is 1.65. The second-order valence-electron chi connectivity index (χ2n) is 5.88. The van der Waals surface area contributed by atoms with E-state index in [9.17, 15) is 9.90 Å². The molecule has 1 aliphatic heterocycles. The third-order valence-electron chi connectivity index (χ3n) is 4.40. The predicted molar refractivity (Wildman–Crippen MR) is 109 cm³/mol. The van der Waals surface area contributed by atoms with E-state index in [2.05, 4.69) is 27.5 Å². The Morgan fingerprint density at radius 2 is 1.58 bits per heavy atom. The fourth-order valence-corrected chi connectivity index (χ4v) is 7.58. The second-order valence-corrected chi connectivity index (χ2v) is 9.95. The predicted octanol–water partition coefficient (Wildman–Crippen LogP) is 4.30. The molecule has 4 nitrogen and oxygen atoms in total. The third kappa shape index (κ3) is 1.92. The van der Waals surface area contributed by atoms with Crippen LogP contribution in [0.5, 0.6) is 5.88 Å². The highest BCUT2D eigenvalue weighted by Gasteiger charge is 2.26. The lowest BCUT2D eigenvalue weighted by Gasteiger charge is -1.95. The lowest BCUT2D eigenvalue weighted by molar-refractivity contribution is -0.112. The smallest absolute Gasteiger partial charge is 0.281 e. The van der Waals surface area contributed by atoms with E-state index >= 15 is 0 Å². The number of rotatable bonds is 2. The minimum absolute atomic E-state index is 0.0658. The standard InChI is InChI=1S/C18H8N2O2S4/c21-17-13(11-5-9-7(25-11)1-3-23-9)15-16(20-17)14(18(22)19-15)12-6-10-8(26-12)2-4-24-10/h1-6,19,22H. The highest BCUT2D eigenvalue weighted by molar-refractivity contribution is 7.29. The minimum atomic E-state index is -0.250. The highest BCUT2D eigenvalue weighted by atomic mass is 32.1. The molecule has 0 radical (unpaired) electrons. The van der Waals surface area contributed by atoms with Gasteiger partial charge in [0.05, 0.1) is 16.5 Å². The fraction of sp³-hybridized carbons (Fsp3) is 0. The molecule has 0 bridgehead atoms. The molecule has 0 fully saturated rings. The molecule has 0 aliphatic carbocycles. The van der Waals surface area contributed by atoms with Crippen LogP contribution in [-0.4, -0.2) is 16.0 Å². The average Bonchev–Trinajstić information content (AvgIpc) is 3.33. The van der Waals surface area contributed by atoms with E-state index in [0.717, 1.165) is 19.2 Å². The summed E-state index contributed by atoms with van der Waals surface area (Å²) in [6.07, 6.45) is 0. The maximum Gasteiger partial charge on any atom is 0.281 e. The largest absolute Gasteiger partial charge is 0.494 e. The van der Waals surface area contributed by atoms with E-state index in [0.29, 0.717) is 21.8 Å². The quantitative estimate of drug-likeness (QED) is 0.454. The van der Waals surface area contributed by atoms with Crippen LogP contribution >= 0.6 is 45.3 Å². The topological polar surface area (TPSA) is 65.4 Å². The number of nitrogens with zero attached hydrogens (tertiary/aromatic N) is 1. The summed E-state index contributed by atoms with van der Waals surface area (Å²) in [5.74, 6) is -0.184. The highest BCUT2D eigenvalue weighted by Crippen LogP contribution is 2.38. The molecular formula is C18H8N2O2S4. The molecule has 8 heteroatoms.